The monoisotopic (exact) mass is 228 g/mol. The molecule has 0 spiro atoms. The largest absolute Gasteiger partial charge is 0.469 e. The van der Waals surface area contributed by atoms with Gasteiger partial charge in [0.05, 0.1) is 26.1 Å². The van der Waals surface area contributed by atoms with Crippen LogP contribution < -0.4 is 0 Å². The van der Waals surface area contributed by atoms with Gasteiger partial charge < -0.3 is 9.47 Å². The van der Waals surface area contributed by atoms with Crippen molar-refractivity contribution in [2.24, 2.45) is 22.7 Å². The van der Waals surface area contributed by atoms with E-state index >= 15 is 0 Å². The number of methoxy groups -OCH3 is 2. The van der Waals surface area contributed by atoms with Crippen LogP contribution in [0, 0.1) is 22.7 Å². The van der Waals surface area contributed by atoms with Crippen molar-refractivity contribution < 1.29 is 19.1 Å². The lowest BCUT2D eigenvalue weighted by Crippen LogP contribution is -2.65. The summed E-state index contributed by atoms with van der Waals surface area (Å²) in [7, 11) is 2.75. The Morgan fingerprint density at radius 1 is 0.812 bits per heavy atom. The average Bonchev–Trinajstić information content (AvgIpc) is 2.15. The Labute approximate surface area is 96.3 Å². The van der Waals surface area contributed by atoms with Gasteiger partial charge in [-0.2, -0.15) is 0 Å². The molecule has 1 aliphatic rings. The van der Waals surface area contributed by atoms with E-state index in [0.29, 0.717) is 0 Å². The van der Waals surface area contributed by atoms with Crippen molar-refractivity contribution in [1.29, 1.82) is 0 Å². The number of rotatable bonds is 2. The van der Waals surface area contributed by atoms with E-state index < -0.39 is 10.8 Å². The Bertz CT molecular complexity index is 273. The molecule has 0 saturated heterocycles. The molecule has 0 bridgehead atoms. The van der Waals surface area contributed by atoms with Crippen LogP contribution in [0.1, 0.15) is 27.7 Å². The molecule has 4 heteroatoms. The summed E-state index contributed by atoms with van der Waals surface area (Å²) < 4.78 is 9.59. The number of hydrogen-bond acceptors (Lipinski definition) is 4. The highest BCUT2D eigenvalue weighted by atomic mass is 16.5. The third-order valence-electron chi connectivity index (χ3n) is 3.85. The summed E-state index contributed by atoms with van der Waals surface area (Å²) in [6, 6.07) is 0. The lowest BCUT2D eigenvalue weighted by atomic mass is 9.41. The molecule has 0 aromatic heterocycles. The maximum atomic E-state index is 11.7. The van der Waals surface area contributed by atoms with Crippen molar-refractivity contribution in [3.63, 3.8) is 0 Å². The summed E-state index contributed by atoms with van der Waals surface area (Å²) in [4.78, 5) is 23.4. The van der Waals surface area contributed by atoms with Crippen LogP contribution in [0.2, 0.25) is 0 Å². The molecular formula is C12H20O4. The third-order valence-corrected chi connectivity index (χ3v) is 3.85. The highest BCUT2D eigenvalue weighted by molar-refractivity contribution is 5.83. The molecule has 92 valence electrons. The first-order valence-corrected chi connectivity index (χ1v) is 5.37. The summed E-state index contributed by atoms with van der Waals surface area (Å²) >= 11 is 0. The van der Waals surface area contributed by atoms with Crippen molar-refractivity contribution in [2.45, 2.75) is 27.7 Å². The van der Waals surface area contributed by atoms with E-state index in [1.807, 2.05) is 27.7 Å². The smallest absolute Gasteiger partial charge is 0.309 e. The molecule has 1 fully saturated rings. The van der Waals surface area contributed by atoms with Gasteiger partial charge in [0.25, 0.3) is 0 Å². The Morgan fingerprint density at radius 2 is 1.06 bits per heavy atom. The summed E-state index contributed by atoms with van der Waals surface area (Å²) in [5.74, 6) is -1.05. The molecule has 0 aromatic rings. The molecule has 0 aliphatic heterocycles. The number of ether oxygens (including phenoxy) is 2. The fourth-order valence-corrected chi connectivity index (χ4v) is 3.61. The molecule has 0 radical (unpaired) electrons. The van der Waals surface area contributed by atoms with Crippen molar-refractivity contribution >= 4 is 11.9 Å². The minimum absolute atomic E-state index is 0.254. The van der Waals surface area contributed by atoms with E-state index in [-0.39, 0.29) is 23.8 Å². The fourth-order valence-electron chi connectivity index (χ4n) is 3.61. The second-order valence-electron chi connectivity index (χ2n) is 5.56. The molecule has 0 N–H and O–H groups in total. The van der Waals surface area contributed by atoms with Crippen LogP contribution in [0.5, 0.6) is 0 Å². The summed E-state index contributed by atoms with van der Waals surface area (Å²) in [6.45, 7) is 7.62. The standard InChI is InChI=1S/C12H20O4/c1-11(2)7(9(13)15-5)12(3,4)8(11)10(14)16-6/h7-8H,1-6H3. The van der Waals surface area contributed by atoms with Gasteiger partial charge in [0.1, 0.15) is 0 Å². The maximum Gasteiger partial charge on any atom is 0.309 e. The SMILES string of the molecule is COC(=O)C1C(C)(C)C(C(=O)OC)C1(C)C. The van der Waals surface area contributed by atoms with Gasteiger partial charge in [-0.1, -0.05) is 27.7 Å². The number of hydrogen-bond donors (Lipinski definition) is 0. The quantitative estimate of drug-likeness (QED) is 0.674. The van der Waals surface area contributed by atoms with Crippen LogP contribution in [0.3, 0.4) is 0 Å². The molecular weight excluding hydrogens is 208 g/mol. The van der Waals surface area contributed by atoms with Gasteiger partial charge >= 0.3 is 11.9 Å². The Kier molecular flexibility index (Phi) is 3.05. The molecule has 0 amide bonds. The van der Waals surface area contributed by atoms with E-state index in [2.05, 4.69) is 0 Å². The molecule has 1 rings (SSSR count). The van der Waals surface area contributed by atoms with Crippen molar-refractivity contribution in [1.82, 2.24) is 0 Å². The van der Waals surface area contributed by atoms with Gasteiger partial charge in [0.2, 0.25) is 0 Å². The Balaban J connectivity index is 3.03. The molecule has 1 saturated carbocycles. The molecule has 1 aliphatic carbocycles. The molecule has 4 nitrogen and oxygen atoms in total. The van der Waals surface area contributed by atoms with Gasteiger partial charge in [-0.3, -0.25) is 9.59 Å². The Morgan fingerprint density at radius 3 is 1.25 bits per heavy atom. The average molecular weight is 228 g/mol. The van der Waals surface area contributed by atoms with E-state index in [9.17, 15) is 9.59 Å². The van der Waals surface area contributed by atoms with Crippen LogP contribution in [-0.2, 0) is 19.1 Å². The summed E-state index contributed by atoms with van der Waals surface area (Å²) in [5.41, 5.74) is -0.826. The fraction of sp³-hybridized carbons (Fsp3) is 0.833. The first kappa shape index (κ1) is 13.0. The normalized spacial score (nSPS) is 30.1. The van der Waals surface area contributed by atoms with Crippen LogP contribution in [0.4, 0.5) is 0 Å². The van der Waals surface area contributed by atoms with Gasteiger partial charge in [-0.05, 0) is 10.8 Å². The van der Waals surface area contributed by atoms with E-state index in [1.165, 1.54) is 14.2 Å². The van der Waals surface area contributed by atoms with Crippen molar-refractivity contribution in [3.8, 4) is 0 Å². The zero-order valence-corrected chi connectivity index (χ0v) is 10.8. The van der Waals surface area contributed by atoms with Gasteiger partial charge in [0, 0.05) is 0 Å². The number of esters is 2. The number of carbonyl (C=O) groups excluding carboxylic acids is 2. The zero-order chi connectivity index (χ0) is 12.7. The summed E-state index contributed by atoms with van der Waals surface area (Å²) in [6.07, 6.45) is 0. The lowest BCUT2D eigenvalue weighted by Gasteiger charge is -2.60. The van der Waals surface area contributed by atoms with E-state index in [1.54, 1.807) is 0 Å². The zero-order valence-electron chi connectivity index (χ0n) is 10.8. The minimum atomic E-state index is -0.413. The predicted molar refractivity (Wildman–Crippen MR) is 58.6 cm³/mol. The van der Waals surface area contributed by atoms with Gasteiger partial charge in [-0.15, -0.1) is 0 Å². The third kappa shape index (κ3) is 1.51. The van der Waals surface area contributed by atoms with Gasteiger partial charge in [0.15, 0.2) is 0 Å². The first-order valence-electron chi connectivity index (χ1n) is 5.37. The minimum Gasteiger partial charge on any atom is -0.469 e. The highest BCUT2D eigenvalue weighted by Gasteiger charge is 2.68. The Hall–Kier alpha value is -1.06. The lowest BCUT2D eigenvalue weighted by molar-refractivity contribution is -0.210. The summed E-state index contributed by atoms with van der Waals surface area (Å²) in [5, 5.41) is 0. The van der Waals surface area contributed by atoms with Crippen LogP contribution >= 0.6 is 0 Å². The second kappa shape index (κ2) is 3.75. The molecule has 0 unspecified atom stereocenters. The molecule has 0 atom stereocenters. The van der Waals surface area contributed by atoms with Crippen molar-refractivity contribution in [3.05, 3.63) is 0 Å². The second-order valence-corrected chi connectivity index (χ2v) is 5.56. The van der Waals surface area contributed by atoms with E-state index in [0.717, 1.165) is 0 Å². The maximum absolute atomic E-state index is 11.7. The highest BCUT2D eigenvalue weighted by Crippen LogP contribution is 2.63. The topological polar surface area (TPSA) is 52.6 Å². The van der Waals surface area contributed by atoms with Gasteiger partial charge in [-0.25, -0.2) is 0 Å². The van der Waals surface area contributed by atoms with Crippen LogP contribution in [0.15, 0.2) is 0 Å². The van der Waals surface area contributed by atoms with E-state index in [4.69, 9.17) is 9.47 Å². The molecule has 16 heavy (non-hydrogen) atoms. The molecule has 0 aromatic carbocycles. The molecule has 0 heterocycles. The first-order chi connectivity index (χ1) is 7.21. The predicted octanol–water partition coefficient (Wildman–Crippen LogP) is 1.63. The van der Waals surface area contributed by atoms with Crippen LogP contribution in [-0.4, -0.2) is 26.2 Å². The van der Waals surface area contributed by atoms with Crippen molar-refractivity contribution in [2.75, 3.05) is 14.2 Å². The number of carbonyl (C=O) groups is 2. The van der Waals surface area contributed by atoms with Crippen LogP contribution in [0.25, 0.3) is 0 Å².